The molecule has 2 fully saturated rings. The normalized spacial score (nSPS) is 23.2. The van der Waals surface area contributed by atoms with Gasteiger partial charge in [0.25, 0.3) is 0 Å². The van der Waals surface area contributed by atoms with Gasteiger partial charge in [-0.25, -0.2) is 0 Å². The van der Waals surface area contributed by atoms with Crippen LogP contribution in [-0.2, 0) is 4.79 Å². The van der Waals surface area contributed by atoms with Gasteiger partial charge in [-0.05, 0) is 58.3 Å². The van der Waals surface area contributed by atoms with E-state index in [0.29, 0.717) is 6.54 Å². The standard InChI is InChI=1S/C13H25N3O/c1-15-8-4-12(5-9-15)10-14-11-13(17)16-6-2-3-7-16/h12,14H,2-11H2,1H3. The zero-order valence-corrected chi connectivity index (χ0v) is 11.0. The Morgan fingerprint density at radius 1 is 1.18 bits per heavy atom. The first-order chi connectivity index (χ1) is 8.25. The second-order valence-corrected chi connectivity index (χ2v) is 5.47. The van der Waals surface area contributed by atoms with Crippen LogP contribution in [0.25, 0.3) is 0 Å². The second kappa shape index (κ2) is 6.36. The molecule has 0 radical (unpaired) electrons. The summed E-state index contributed by atoms with van der Waals surface area (Å²) in [6.07, 6.45) is 4.89. The number of carbonyl (C=O) groups excluding carboxylic acids is 1. The van der Waals surface area contributed by atoms with Crippen molar-refractivity contribution in [2.75, 3.05) is 46.3 Å². The molecule has 17 heavy (non-hydrogen) atoms. The van der Waals surface area contributed by atoms with Crippen molar-refractivity contribution < 1.29 is 4.79 Å². The minimum absolute atomic E-state index is 0.287. The molecule has 1 N–H and O–H groups in total. The summed E-state index contributed by atoms with van der Waals surface area (Å²) >= 11 is 0. The number of piperidine rings is 1. The van der Waals surface area contributed by atoms with E-state index in [1.807, 2.05) is 4.90 Å². The first-order valence-electron chi connectivity index (χ1n) is 6.93. The summed E-state index contributed by atoms with van der Waals surface area (Å²) in [7, 11) is 2.18. The van der Waals surface area contributed by atoms with Gasteiger partial charge in [0, 0.05) is 13.1 Å². The van der Waals surface area contributed by atoms with Crippen LogP contribution in [0.3, 0.4) is 0 Å². The lowest BCUT2D eigenvalue weighted by molar-refractivity contribution is -0.129. The molecule has 2 saturated heterocycles. The van der Waals surface area contributed by atoms with Crippen LogP contribution < -0.4 is 5.32 Å². The van der Waals surface area contributed by atoms with Crippen LogP contribution in [0, 0.1) is 5.92 Å². The maximum atomic E-state index is 11.8. The molecule has 4 heteroatoms. The molecule has 2 heterocycles. The molecule has 0 saturated carbocycles. The van der Waals surface area contributed by atoms with Crippen LogP contribution in [0.5, 0.6) is 0 Å². The van der Waals surface area contributed by atoms with E-state index in [0.717, 1.165) is 25.6 Å². The summed E-state index contributed by atoms with van der Waals surface area (Å²) in [4.78, 5) is 16.2. The van der Waals surface area contributed by atoms with E-state index in [1.165, 1.54) is 38.8 Å². The minimum Gasteiger partial charge on any atom is -0.342 e. The SMILES string of the molecule is CN1CCC(CNCC(=O)N2CCCC2)CC1. The number of carbonyl (C=O) groups is 1. The molecule has 0 aromatic carbocycles. The smallest absolute Gasteiger partial charge is 0.236 e. The monoisotopic (exact) mass is 239 g/mol. The fraction of sp³-hybridized carbons (Fsp3) is 0.923. The highest BCUT2D eigenvalue weighted by molar-refractivity contribution is 5.78. The van der Waals surface area contributed by atoms with Crippen LogP contribution in [0.1, 0.15) is 25.7 Å². The van der Waals surface area contributed by atoms with Crippen molar-refractivity contribution in [1.82, 2.24) is 15.1 Å². The van der Waals surface area contributed by atoms with Gasteiger partial charge in [-0.1, -0.05) is 0 Å². The van der Waals surface area contributed by atoms with Crippen molar-refractivity contribution in [3.8, 4) is 0 Å². The lowest BCUT2D eigenvalue weighted by atomic mass is 9.97. The lowest BCUT2D eigenvalue weighted by Gasteiger charge is -2.29. The Morgan fingerprint density at radius 3 is 2.47 bits per heavy atom. The van der Waals surface area contributed by atoms with Crippen LogP contribution >= 0.6 is 0 Å². The largest absolute Gasteiger partial charge is 0.342 e. The van der Waals surface area contributed by atoms with Crippen LogP contribution in [0.4, 0.5) is 0 Å². The topological polar surface area (TPSA) is 35.6 Å². The molecule has 2 rings (SSSR count). The number of rotatable bonds is 4. The van der Waals surface area contributed by atoms with E-state index in [9.17, 15) is 4.79 Å². The molecule has 4 nitrogen and oxygen atoms in total. The molecule has 0 aromatic rings. The molecular weight excluding hydrogens is 214 g/mol. The van der Waals surface area contributed by atoms with Gasteiger partial charge < -0.3 is 15.1 Å². The molecule has 2 aliphatic rings. The summed E-state index contributed by atoms with van der Waals surface area (Å²) in [5.41, 5.74) is 0. The highest BCUT2D eigenvalue weighted by atomic mass is 16.2. The molecule has 0 bridgehead atoms. The van der Waals surface area contributed by atoms with Crippen LogP contribution in [0.2, 0.25) is 0 Å². The van der Waals surface area contributed by atoms with Crippen molar-refractivity contribution in [3.05, 3.63) is 0 Å². The van der Waals surface area contributed by atoms with Crippen molar-refractivity contribution in [1.29, 1.82) is 0 Å². The zero-order valence-electron chi connectivity index (χ0n) is 11.0. The summed E-state index contributed by atoms with van der Waals surface area (Å²) in [6.45, 7) is 5.88. The van der Waals surface area contributed by atoms with Gasteiger partial charge in [0.05, 0.1) is 6.54 Å². The molecule has 98 valence electrons. The van der Waals surface area contributed by atoms with Crippen molar-refractivity contribution in [3.63, 3.8) is 0 Å². The van der Waals surface area contributed by atoms with Crippen molar-refractivity contribution >= 4 is 5.91 Å². The molecule has 0 aliphatic carbocycles. The third-order valence-electron chi connectivity index (χ3n) is 4.01. The Labute approximate surface area is 104 Å². The van der Waals surface area contributed by atoms with E-state index in [1.54, 1.807) is 0 Å². The van der Waals surface area contributed by atoms with Gasteiger partial charge in [0.15, 0.2) is 0 Å². The van der Waals surface area contributed by atoms with Gasteiger partial charge in [0.2, 0.25) is 5.91 Å². The summed E-state index contributed by atoms with van der Waals surface area (Å²) in [5.74, 6) is 1.05. The number of nitrogens with zero attached hydrogens (tertiary/aromatic N) is 2. The summed E-state index contributed by atoms with van der Waals surface area (Å²) in [5, 5.41) is 3.34. The fourth-order valence-corrected chi connectivity index (χ4v) is 2.73. The molecule has 0 unspecified atom stereocenters. The quantitative estimate of drug-likeness (QED) is 0.778. The molecule has 0 spiro atoms. The van der Waals surface area contributed by atoms with Crippen LogP contribution in [-0.4, -0.2) is 62.0 Å². The van der Waals surface area contributed by atoms with Gasteiger partial charge in [-0.2, -0.15) is 0 Å². The highest BCUT2D eigenvalue weighted by Gasteiger charge is 2.19. The number of amides is 1. The van der Waals surface area contributed by atoms with Crippen molar-refractivity contribution in [2.45, 2.75) is 25.7 Å². The summed E-state index contributed by atoms with van der Waals surface area (Å²) < 4.78 is 0. The van der Waals surface area contributed by atoms with E-state index in [-0.39, 0.29) is 5.91 Å². The molecular formula is C13H25N3O. The lowest BCUT2D eigenvalue weighted by Crippen LogP contribution is -2.40. The molecule has 1 amide bonds. The number of nitrogens with one attached hydrogen (secondary N) is 1. The Kier molecular flexibility index (Phi) is 4.80. The summed E-state index contributed by atoms with van der Waals surface area (Å²) in [6, 6.07) is 0. The van der Waals surface area contributed by atoms with Gasteiger partial charge in [0.1, 0.15) is 0 Å². The third-order valence-corrected chi connectivity index (χ3v) is 4.01. The Morgan fingerprint density at radius 2 is 1.82 bits per heavy atom. The van der Waals surface area contributed by atoms with Gasteiger partial charge in [-0.3, -0.25) is 4.79 Å². The van der Waals surface area contributed by atoms with Gasteiger partial charge in [-0.15, -0.1) is 0 Å². The first-order valence-corrected chi connectivity index (χ1v) is 6.93. The maximum absolute atomic E-state index is 11.8. The van der Waals surface area contributed by atoms with E-state index < -0.39 is 0 Å². The fourth-order valence-electron chi connectivity index (χ4n) is 2.73. The molecule has 2 aliphatic heterocycles. The van der Waals surface area contributed by atoms with Crippen molar-refractivity contribution in [2.24, 2.45) is 5.92 Å². The van der Waals surface area contributed by atoms with E-state index in [4.69, 9.17) is 0 Å². The Hall–Kier alpha value is -0.610. The number of hydrogen-bond donors (Lipinski definition) is 1. The average molecular weight is 239 g/mol. The van der Waals surface area contributed by atoms with Crippen LogP contribution in [0.15, 0.2) is 0 Å². The number of hydrogen-bond acceptors (Lipinski definition) is 3. The number of likely N-dealkylation sites (tertiary alicyclic amines) is 2. The molecule has 0 aromatic heterocycles. The first kappa shape index (κ1) is 12.8. The maximum Gasteiger partial charge on any atom is 0.236 e. The van der Waals surface area contributed by atoms with Gasteiger partial charge >= 0.3 is 0 Å². The van der Waals surface area contributed by atoms with E-state index >= 15 is 0 Å². The Balaban J connectivity index is 1.57. The zero-order chi connectivity index (χ0) is 12.1. The third kappa shape index (κ3) is 3.96. The second-order valence-electron chi connectivity index (χ2n) is 5.47. The highest BCUT2D eigenvalue weighted by Crippen LogP contribution is 2.14. The Bertz CT molecular complexity index is 243. The molecule has 0 atom stereocenters. The van der Waals surface area contributed by atoms with E-state index in [2.05, 4.69) is 17.3 Å². The predicted molar refractivity (Wildman–Crippen MR) is 68.9 cm³/mol. The minimum atomic E-state index is 0.287. The predicted octanol–water partition coefficient (Wildman–Crippen LogP) is 0.540. The average Bonchev–Trinajstić information content (AvgIpc) is 2.85.